The van der Waals surface area contributed by atoms with Crippen LogP contribution in [0.1, 0.15) is 53.8 Å². The smallest absolute Gasteiger partial charge is 0.503 e. The molecule has 2 aromatic heterocycles. The molecule has 0 bridgehead atoms. The zero-order valence-corrected chi connectivity index (χ0v) is 31.4. The second-order valence-corrected chi connectivity index (χ2v) is 15.3. The number of fused-ring (bicyclic) bond motifs is 6. The van der Waals surface area contributed by atoms with E-state index in [1.807, 2.05) is 30.1 Å². The first-order valence-electron chi connectivity index (χ1n) is 16.9. The molecule has 1 aliphatic heterocycles. The SMILES string of the molecule is Cc1ccc2c(c1)c1cccnc1n2-c1[c-]c(Oc2[c-]c(C3=N[C@@H]4Cc5ccccc5[C@@H]4S3)cc(-c3ccccc3)c2)cc(C(C)(C)C)c1.[Pt+2]. The predicted molar refractivity (Wildman–Crippen MR) is 202 cm³/mol. The Morgan fingerprint density at radius 1 is 0.800 bits per heavy atom. The largest absolute Gasteiger partial charge is 2.00 e. The Morgan fingerprint density at radius 3 is 2.44 bits per heavy atom. The van der Waals surface area contributed by atoms with Crippen LogP contribution in [0.3, 0.4) is 0 Å². The normalized spacial score (nSPS) is 16.6. The monoisotopic (exact) mass is 848 g/mol. The molecule has 0 saturated heterocycles. The van der Waals surface area contributed by atoms with Crippen molar-refractivity contribution in [3.8, 4) is 28.3 Å². The van der Waals surface area contributed by atoms with Crippen molar-refractivity contribution in [1.29, 1.82) is 0 Å². The van der Waals surface area contributed by atoms with Crippen LogP contribution < -0.4 is 4.74 Å². The van der Waals surface area contributed by atoms with Crippen molar-refractivity contribution in [2.24, 2.45) is 4.99 Å². The van der Waals surface area contributed by atoms with Crippen molar-refractivity contribution in [2.45, 2.75) is 50.8 Å². The molecule has 0 spiro atoms. The molecule has 0 N–H and O–H groups in total. The third-order valence-corrected chi connectivity index (χ3v) is 11.1. The van der Waals surface area contributed by atoms with E-state index < -0.39 is 0 Å². The Kier molecular flexibility index (Phi) is 8.32. The molecule has 2 aliphatic rings. The summed E-state index contributed by atoms with van der Waals surface area (Å²) in [6, 6.07) is 46.1. The number of aliphatic imine (C=N–C) groups is 1. The maximum atomic E-state index is 6.80. The van der Waals surface area contributed by atoms with Gasteiger partial charge in [0.25, 0.3) is 0 Å². The summed E-state index contributed by atoms with van der Waals surface area (Å²) in [6.45, 7) is 8.82. The van der Waals surface area contributed by atoms with Gasteiger partial charge in [0, 0.05) is 38.8 Å². The number of ether oxygens (including phenoxy) is 1. The summed E-state index contributed by atoms with van der Waals surface area (Å²) in [7, 11) is 0. The molecule has 5 aromatic carbocycles. The van der Waals surface area contributed by atoms with E-state index >= 15 is 0 Å². The molecule has 4 nitrogen and oxygen atoms in total. The Bertz CT molecular complexity index is 2440. The zero-order valence-electron chi connectivity index (χ0n) is 28.3. The average molecular weight is 849 g/mol. The molecule has 0 unspecified atom stereocenters. The van der Waals surface area contributed by atoms with E-state index in [0.29, 0.717) is 16.7 Å². The summed E-state index contributed by atoms with van der Waals surface area (Å²) in [5.41, 5.74) is 11.1. The first-order valence-corrected chi connectivity index (χ1v) is 17.7. The van der Waals surface area contributed by atoms with E-state index in [-0.39, 0.29) is 32.5 Å². The summed E-state index contributed by atoms with van der Waals surface area (Å²) in [4.78, 5) is 10.1. The van der Waals surface area contributed by atoms with Crippen LogP contribution >= 0.6 is 11.8 Å². The van der Waals surface area contributed by atoms with E-state index in [9.17, 15) is 0 Å². The van der Waals surface area contributed by atoms with Crippen LogP contribution in [0.5, 0.6) is 11.5 Å². The molecule has 9 rings (SSSR count). The summed E-state index contributed by atoms with van der Waals surface area (Å²) >= 11 is 1.85. The van der Waals surface area contributed by atoms with E-state index in [2.05, 4.69) is 141 Å². The zero-order chi connectivity index (χ0) is 33.3. The van der Waals surface area contributed by atoms with Gasteiger partial charge in [0.1, 0.15) is 5.65 Å². The fourth-order valence-corrected chi connectivity index (χ4v) is 8.54. The number of benzene rings is 5. The molecule has 0 amide bonds. The van der Waals surface area contributed by atoms with Crippen molar-refractivity contribution in [3.63, 3.8) is 0 Å². The summed E-state index contributed by atoms with van der Waals surface area (Å²) < 4.78 is 9.01. The molecule has 1 aliphatic carbocycles. The summed E-state index contributed by atoms with van der Waals surface area (Å²) in [5, 5.41) is 3.66. The van der Waals surface area contributed by atoms with Gasteiger partial charge in [0.15, 0.2) is 0 Å². The Morgan fingerprint density at radius 2 is 1.60 bits per heavy atom. The fraction of sp³-hybridized carbons (Fsp3) is 0.182. The van der Waals surface area contributed by atoms with Crippen LogP contribution in [-0.2, 0) is 32.9 Å². The quantitative estimate of drug-likeness (QED) is 0.162. The van der Waals surface area contributed by atoms with E-state index in [0.717, 1.165) is 56.0 Å². The Hall–Kier alpha value is -4.44. The van der Waals surface area contributed by atoms with Gasteiger partial charge in [-0.25, -0.2) is 4.98 Å². The number of hydrogen-bond acceptors (Lipinski definition) is 4. The number of thioether (sulfide) groups is 1. The number of rotatable bonds is 5. The molecule has 0 radical (unpaired) electrons. The van der Waals surface area contributed by atoms with E-state index in [1.54, 1.807) is 0 Å². The van der Waals surface area contributed by atoms with Gasteiger partial charge in [-0.15, -0.1) is 47.2 Å². The van der Waals surface area contributed by atoms with Crippen LogP contribution in [0.4, 0.5) is 0 Å². The number of hydrogen-bond donors (Lipinski definition) is 0. The third kappa shape index (κ3) is 5.81. The summed E-state index contributed by atoms with van der Waals surface area (Å²) in [6.07, 6.45) is 2.84. The van der Waals surface area contributed by atoms with Gasteiger partial charge in [-0.1, -0.05) is 110 Å². The molecule has 0 saturated carbocycles. The molecule has 6 heteroatoms. The average Bonchev–Trinajstić information content (AvgIpc) is 3.77. The standard InChI is InChI=1S/C44H35N3OS.Pt/c1-27-16-17-40-38(19-27)37-15-10-18-45-42(37)47(40)33-24-32(44(2,3)4)25-35(26-33)48-34-21-30(28-11-6-5-7-12-28)20-31(22-34)43-46-39-23-29-13-8-9-14-36(29)41(39)49-43;/h5-21,24-25,39,41H,23H2,1-4H3;/q-2;+2/t39-,41+;/m1./s1. The first-order chi connectivity index (χ1) is 23.8. The van der Waals surface area contributed by atoms with Crippen molar-refractivity contribution >= 4 is 38.7 Å². The molecule has 248 valence electrons. The molecule has 2 atom stereocenters. The second-order valence-electron chi connectivity index (χ2n) is 14.2. The summed E-state index contributed by atoms with van der Waals surface area (Å²) in [5.74, 6) is 1.28. The molecule has 3 heterocycles. The predicted octanol–water partition coefficient (Wildman–Crippen LogP) is 11.0. The maximum Gasteiger partial charge on any atom is 2.00 e. The van der Waals surface area contributed by atoms with Crippen LogP contribution in [0.25, 0.3) is 38.8 Å². The van der Waals surface area contributed by atoms with Gasteiger partial charge in [-0.05, 0) is 59.7 Å². The van der Waals surface area contributed by atoms with Crippen LogP contribution in [0, 0.1) is 19.1 Å². The second kappa shape index (κ2) is 12.7. The van der Waals surface area contributed by atoms with E-state index in [4.69, 9.17) is 14.7 Å². The minimum absolute atomic E-state index is 0. The molecular weight excluding hydrogens is 814 g/mol. The van der Waals surface area contributed by atoms with Gasteiger partial charge in [-0.3, -0.25) is 0 Å². The molecule has 50 heavy (non-hydrogen) atoms. The maximum absolute atomic E-state index is 6.80. The number of aryl methyl sites for hydroxylation is 1. The van der Waals surface area contributed by atoms with E-state index in [1.165, 1.54) is 22.1 Å². The number of nitrogens with zero attached hydrogens (tertiary/aromatic N) is 3. The molecule has 0 fully saturated rings. The van der Waals surface area contributed by atoms with Gasteiger partial charge in [-0.2, -0.15) is 0 Å². The van der Waals surface area contributed by atoms with Crippen molar-refractivity contribution in [3.05, 3.63) is 155 Å². The van der Waals surface area contributed by atoms with Crippen molar-refractivity contribution in [1.82, 2.24) is 9.55 Å². The van der Waals surface area contributed by atoms with Gasteiger partial charge in [0.2, 0.25) is 0 Å². The van der Waals surface area contributed by atoms with Crippen LogP contribution in [-0.4, -0.2) is 20.6 Å². The van der Waals surface area contributed by atoms with Gasteiger partial charge in [0.05, 0.1) is 11.6 Å². The van der Waals surface area contributed by atoms with Crippen LogP contribution in [0.15, 0.2) is 120 Å². The fourth-order valence-electron chi connectivity index (χ4n) is 7.20. The third-order valence-electron chi connectivity index (χ3n) is 9.68. The van der Waals surface area contributed by atoms with Crippen LogP contribution in [0.2, 0.25) is 0 Å². The van der Waals surface area contributed by atoms with Gasteiger partial charge < -0.3 is 14.3 Å². The molecular formula is C44H35N3OPtS. The molecule has 7 aromatic rings. The van der Waals surface area contributed by atoms with Crippen molar-refractivity contribution < 1.29 is 25.8 Å². The minimum atomic E-state index is -0.130. The van der Waals surface area contributed by atoms with Gasteiger partial charge >= 0.3 is 21.1 Å². The Labute approximate surface area is 311 Å². The number of aromatic nitrogens is 2. The minimum Gasteiger partial charge on any atom is -0.503 e. The topological polar surface area (TPSA) is 39.4 Å². The number of pyridine rings is 1. The van der Waals surface area contributed by atoms with Crippen molar-refractivity contribution in [2.75, 3.05) is 0 Å². The Balaban J connectivity index is 0.00000361. The first kappa shape index (κ1) is 32.7.